The molecule has 2 aliphatic rings. The van der Waals surface area contributed by atoms with E-state index in [1.165, 1.54) is 4.31 Å². The van der Waals surface area contributed by atoms with E-state index < -0.39 is 44.2 Å². The van der Waals surface area contributed by atoms with Gasteiger partial charge in [0.25, 0.3) is 0 Å². The minimum Gasteiger partial charge on any atom is -0.393 e. The van der Waals surface area contributed by atoms with E-state index in [0.717, 1.165) is 12.1 Å². The van der Waals surface area contributed by atoms with Gasteiger partial charge in [-0.25, -0.2) is 27.1 Å². The van der Waals surface area contributed by atoms with E-state index in [0.29, 0.717) is 18.4 Å². The summed E-state index contributed by atoms with van der Waals surface area (Å²) in [5, 5.41) is 15.0. The van der Waals surface area contributed by atoms with E-state index >= 15 is 8.78 Å². The van der Waals surface area contributed by atoms with Crippen molar-refractivity contribution in [2.45, 2.75) is 62.0 Å². The number of aliphatic hydroxyl groups is 1. The monoisotopic (exact) mass is 505 g/mol. The highest BCUT2D eigenvalue weighted by atomic mass is 32.2. The van der Waals surface area contributed by atoms with Crippen LogP contribution in [0.25, 0.3) is 0 Å². The normalized spacial score (nSPS) is 28.5. The van der Waals surface area contributed by atoms with Gasteiger partial charge in [-0.05, 0) is 50.3 Å². The molecule has 1 saturated heterocycles. The molecule has 1 aromatic heterocycles. The molecule has 1 unspecified atom stereocenters. The fraction of sp³-hybridized carbons (Fsp3) is 0.417. The van der Waals surface area contributed by atoms with Crippen molar-refractivity contribution in [3.8, 4) is 0 Å². The number of H-pyrrole nitrogens is 1. The van der Waals surface area contributed by atoms with Gasteiger partial charge < -0.3 is 9.52 Å². The lowest BCUT2D eigenvalue weighted by molar-refractivity contribution is 0.0227. The van der Waals surface area contributed by atoms with Gasteiger partial charge in [-0.3, -0.25) is 0 Å². The van der Waals surface area contributed by atoms with Crippen molar-refractivity contribution < 1.29 is 26.7 Å². The van der Waals surface area contributed by atoms with Crippen LogP contribution < -0.4 is 5.76 Å². The molecule has 1 saturated carbocycles. The van der Waals surface area contributed by atoms with E-state index in [1.807, 2.05) is 0 Å². The summed E-state index contributed by atoms with van der Waals surface area (Å²) in [6.07, 6.45) is 0.257. The lowest BCUT2D eigenvalue weighted by atomic mass is 9.62. The number of aliphatic hydroxyl groups excluding tert-OH is 1. The predicted molar refractivity (Wildman–Crippen MR) is 122 cm³/mol. The van der Waals surface area contributed by atoms with Crippen molar-refractivity contribution in [2.24, 2.45) is 0 Å². The zero-order valence-corrected chi connectivity index (χ0v) is 19.8. The Labute approximate surface area is 200 Å². The summed E-state index contributed by atoms with van der Waals surface area (Å²) >= 11 is 0. The van der Waals surface area contributed by atoms with E-state index in [4.69, 9.17) is 4.42 Å². The summed E-state index contributed by atoms with van der Waals surface area (Å²) in [6.45, 7) is 1.44. The fourth-order valence-electron chi connectivity index (χ4n) is 5.28. The minimum atomic E-state index is -3.83. The van der Waals surface area contributed by atoms with Crippen LogP contribution in [0.1, 0.15) is 60.4 Å². The van der Waals surface area contributed by atoms with E-state index in [9.17, 15) is 18.3 Å². The highest BCUT2D eigenvalue weighted by molar-refractivity contribution is 7.89. The molecule has 1 aliphatic carbocycles. The van der Waals surface area contributed by atoms with Crippen molar-refractivity contribution in [3.05, 3.63) is 87.2 Å². The van der Waals surface area contributed by atoms with Gasteiger partial charge in [0.05, 0.1) is 11.5 Å². The molecule has 3 aromatic rings. The van der Waals surface area contributed by atoms with Crippen LogP contribution in [0.4, 0.5) is 8.78 Å². The molecular formula is C24H25F2N3O5S. The maximum atomic E-state index is 15.4. The largest absolute Gasteiger partial charge is 0.434 e. The van der Waals surface area contributed by atoms with Crippen LogP contribution in [0.3, 0.4) is 0 Å². The van der Waals surface area contributed by atoms with Gasteiger partial charge in [-0.2, -0.15) is 4.31 Å². The van der Waals surface area contributed by atoms with Gasteiger partial charge in [0.15, 0.2) is 0 Å². The molecule has 0 bridgehead atoms. The average Bonchev–Trinajstić information content (AvgIpc) is 3.23. The Morgan fingerprint density at radius 3 is 2.51 bits per heavy atom. The number of hydrogen-bond donors (Lipinski definition) is 2. The molecule has 0 spiro atoms. The van der Waals surface area contributed by atoms with Gasteiger partial charge >= 0.3 is 5.76 Å². The summed E-state index contributed by atoms with van der Waals surface area (Å²) < 4.78 is 63.9. The fourth-order valence-corrected chi connectivity index (χ4v) is 7.47. The van der Waals surface area contributed by atoms with Crippen molar-refractivity contribution >= 4 is 10.0 Å². The number of benzene rings is 2. The molecule has 0 amide bonds. The Morgan fingerprint density at radius 1 is 1.17 bits per heavy atom. The SMILES string of the molecule is C[C@H]1CCC(c2ccccc2)S(=O)(=O)N1Cc1cc(F)c([C@]2(c3n[nH]c(=O)o3)C[C@H](O)C2)cc1F. The standard InChI is InChI=1S/C24H25F2N3O5S/c1-14-7-8-21(15-5-3-2-4-6-15)35(32,33)29(14)13-16-9-20(26)18(10-19(16)25)24(11-17(30)12-24)22-27-28-23(31)34-22/h2-6,9-10,14,17,21,30H,7-8,11-13H2,1H3,(H,28,31)/t14-,17-,21?,24-/m0/s1. The summed E-state index contributed by atoms with van der Waals surface area (Å²) in [5.41, 5.74) is -0.826. The minimum absolute atomic E-state index is 0.00674. The molecule has 2 N–H and O–H groups in total. The lowest BCUT2D eigenvalue weighted by Crippen LogP contribution is -2.47. The van der Waals surface area contributed by atoms with Crippen molar-refractivity contribution in [1.82, 2.24) is 14.5 Å². The number of aromatic nitrogens is 2. The van der Waals surface area contributed by atoms with Crippen LogP contribution in [-0.2, 0) is 22.0 Å². The van der Waals surface area contributed by atoms with Gasteiger partial charge in [0, 0.05) is 23.7 Å². The molecular weight excluding hydrogens is 480 g/mol. The first kappa shape index (κ1) is 23.8. The number of nitrogens with one attached hydrogen (secondary N) is 1. The molecule has 1 aliphatic heterocycles. The smallest absolute Gasteiger partial charge is 0.393 e. The topological polar surface area (TPSA) is 116 Å². The Kier molecular flexibility index (Phi) is 5.89. The van der Waals surface area contributed by atoms with E-state index in [1.54, 1.807) is 37.3 Å². The van der Waals surface area contributed by atoms with Crippen molar-refractivity contribution in [1.29, 1.82) is 0 Å². The molecule has 11 heteroatoms. The molecule has 5 rings (SSSR count). The summed E-state index contributed by atoms with van der Waals surface area (Å²) in [4.78, 5) is 11.5. The maximum Gasteiger partial charge on any atom is 0.434 e. The van der Waals surface area contributed by atoms with Crippen LogP contribution in [0, 0.1) is 11.6 Å². The predicted octanol–water partition coefficient (Wildman–Crippen LogP) is 3.14. The second-order valence-electron chi connectivity index (χ2n) is 9.40. The number of aromatic amines is 1. The summed E-state index contributed by atoms with van der Waals surface area (Å²) in [5.74, 6) is -2.54. The first-order valence-electron chi connectivity index (χ1n) is 11.4. The summed E-state index contributed by atoms with van der Waals surface area (Å²) in [7, 11) is -3.83. The Balaban J connectivity index is 1.48. The number of sulfonamides is 1. The van der Waals surface area contributed by atoms with Crippen LogP contribution in [-0.4, -0.2) is 40.2 Å². The zero-order chi connectivity index (χ0) is 25.0. The molecule has 8 nitrogen and oxygen atoms in total. The van der Waals surface area contributed by atoms with Crippen molar-refractivity contribution in [3.63, 3.8) is 0 Å². The molecule has 2 aromatic carbocycles. The molecule has 2 heterocycles. The van der Waals surface area contributed by atoms with Crippen LogP contribution >= 0.6 is 0 Å². The number of rotatable bonds is 5. The zero-order valence-electron chi connectivity index (χ0n) is 18.9. The molecule has 2 atom stereocenters. The van der Waals surface area contributed by atoms with Gasteiger partial charge in [0.2, 0.25) is 15.9 Å². The number of hydrogen-bond acceptors (Lipinski definition) is 6. The summed E-state index contributed by atoms with van der Waals surface area (Å²) in [6, 6.07) is 10.5. The van der Waals surface area contributed by atoms with Crippen LogP contribution in [0.2, 0.25) is 0 Å². The second-order valence-corrected chi connectivity index (χ2v) is 11.5. The Bertz CT molecular complexity index is 1400. The van der Waals surface area contributed by atoms with Gasteiger partial charge in [-0.15, -0.1) is 5.10 Å². The quantitative estimate of drug-likeness (QED) is 0.550. The Morgan fingerprint density at radius 2 is 1.89 bits per heavy atom. The molecule has 35 heavy (non-hydrogen) atoms. The van der Waals surface area contributed by atoms with Gasteiger partial charge in [-0.1, -0.05) is 30.3 Å². The third kappa shape index (κ3) is 4.01. The van der Waals surface area contributed by atoms with E-state index in [-0.39, 0.29) is 42.4 Å². The molecule has 0 radical (unpaired) electrons. The number of halogens is 2. The van der Waals surface area contributed by atoms with E-state index in [2.05, 4.69) is 10.2 Å². The number of nitrogens with zero attached hydrogens (tertiary/aromatic N) is 2. The van der Waals surface area contributed by atoms with Crippen LogP contribution in [0.15, 0.2) is 51.7 Å². The lowest BCUT2D eigenvalue weighted by Gasteiger charge is -2.43. The highest BCUT2D eigenvalue weighted by Crippen LogP contribution is 2.49. The maximum absolute atomic E-state index is 15.4. The third-order valence-corrected chi connectivity index (χ3v) is 9.56. The van der Waals surface area contributed by atoms with Gasteiger partial charge in [0.1, 0.15) is 16.9 Å². The first-order valence-corrected chi connectivity index (χ1v) is 12.9. The highest BCUT2D eigenvalue weighted by Gasteiger charge is 2.52. The first-order chi connectivity index (χ1) is 16.6. The average molecular weight is 506 g/mol. The third-order valence-electron chi connectivity index (χ3n) is 7.19. The second kappa shape index (κ2) is 8.65. The Hall–Kier alpha value is -2.89. The molecule has 186 valence electrons. The molecule has 2 fully saturated rings. The van der Waals surface area contributed by atoms with Crippen LogP contribution in [0.5, 0.6) is 0 Å². The van der Waals surface area contributed by atoms with Crippen molar-refractivity contribution in [2.75, 3.05) is 0 Å².